The molecule has 1 nitrogen and oxygen atoms in total. The SMILES string of the molecule is Cc1cc(SCCO)ccc1Br. The molecule has 1 N–H and O–H groups in total. The molecule has 0 aromatic heterocycles. The lowest BCUT2D eigenvalue weighted by atomic mass is 10.2. The molecule has 0 saturated carbocycles. The predicted molar refractivity (Wildman–Crippen MR) is 56.7 cm³/mol. The van der Waals surface area contributed by atoms with Gasteiger partial charge < -0.3 is 5.11 Å². The Bertz CT molecular complexity index is 263. The van der Waals surface area contributed by atoms with E-state index in [1.807, 2.05) is 6.07 Å². The molecular formula is C9H11BrOS. The number of hydrogen-bond acceptors (Lipinski definition) is 2. The van der Waals surface area contributed by atoms with Crippen LogP contribution in [0.1, 0.15) is 5.56 Å². The third kappa shape index (κ3) is 2.81. The highest BCUT2D eigenvalue weighted by molar-refractivity contribution is 9.10. The maximum atomic E-state index is 8.62. The summed E-state index contributed by atoms with van der Waals surface area (Å²) in [5.41, 5.74) is 1.23. The maximum absolute atomic E-state index is 8.62. The minimum Gasteiger partial charge on any atom is -0.396 e. The van der Waals surface area contributed by atoms with Gasteiger partial charge in [0, 0.05) is 15.1 Å². The minimum absolute atomic E-state index is 0.236. The summed E-state index contributed by atoms with van der Waals surface area (Å²) in [6.07, 6.45) is 0. The lowest BCUT2D eigenvalue weighted by Crippen LogP contribution is -1.85. The summed E-state index contributed by atoms with van der Waals surface area (Å²) >= 11 is 5.11. The fourth-order valence-corrected chi connectivity index (χ4v) is 1.87. The van der Waals surface area contributed by atoms with E-state index in [4.69, 9.17) is 5.11 Å². The molecule has 0 aliphatic heterocycles. The third-order valence-corrected chi connectivity index (χ3v) is 3.35. The Labute approximate surface area is 85.3 Å². The van der Waals surface area contributed by atoms with Crippen LogP contribution in [0.3, 0.4) is 0 Å². The molecule has 0 spiro atoms. The van der Waals surface area contributed by atoms with Crippen molar-refractivity contribution < 1.29 is 5.11 Å². The van der Waals surface area contributed by atoms with Crippen LogP contribution in [0.2, 0.25) is 0 Å². The Balaban J connectivity index is 2.69. The van der Waals surface area contributed by atoms with Crippen molar-refractivity contribution in [1.82, 2.24) is 0 Å². The number of thioether (sulfide) groups is 1. The van der Waals surface area contributed by atoms with E-state index in [1.165, 1.54) is 10.5 Å². The van der Waals surface area contributed by atoms with Gasteiger partial charge in [0.2, 0.25) is 0 Å². The highest BCUT2D eigenvalue weighted by atomic mass is 79.9. The van der Waals surface area contributed by atoms with E-state index in [-0.39, 0.29) is 6.61 Å². The number of benzene rings is 1. The second-order valence-corrected chi connectivity index (χ2v) is 4.51. The van der Waals surface area contributed by atoms with Crippen LogP contribution < -0.4 is 0 Å². The van der Waals surface area contributed by atoms with Crippen LogP contribution in [0, 0.1) is 6.92 Å². The first-order valence-corrected chi connectivity index (χ1v) is 5.51. The highest BCUT2D eigenvalue weighted by Crippen LogP contribution is 2.23. The van der Waals surface area contributed by atoms with E-state index in [2.05, 4.69) is 35.0 Å². The smallest absolute Gasteiger partial charge is 0.0525 e. The number of hydrogen-bond donors (Lipinski definition) is 1. The third-order valence-electron chi connectivity index (χ3n) is 1.49. The Morgan fingerprint density at radius 3 is 2.83 bits per heavy atom. The molecule has 1 aromatic carbocycles. The summed E-state index contributed by atoms with van der Waals surface area (Å²) < 4.78 is 1.14. The normalized spacial score (nSPS) is 10.2. The molecule has 0 amide bonds. The zero-order valence-corrected chi connectivity index (χ0v) is 9.28. The molecule has 0 unspecified atom stereocenters. The molecule has 1 rings (SSSR count). The van der Waals surface area contributed by atoms with Gasteiger partial charge in [-0.15, -0.1) is 11.8 Å². The summed E-state index contributed by atoms with van der Waals surface area (Å²) in [4.78, 5) is 1.21. The molecule has 3 heteroatoms. The summed E-state index contributed by atoms with van der Waals surface area (Å²) in [7, 11) is 0. The number of aliphatic hydroxyl groups is 1. The number of aryl methyl sites for hydroxylation is 1. The largest absolute Gasteiger partial charge is 0.396 e. The van der Waals surface area contributed by atoms with Crippen molar-refractivity contribution in [2.24, 2.45) is 0 Å². The number of aliphatic hydroxyl groups excluding tert-OH is 1. The fourth-order valence-electron chi connectivity index (χ4n) is 0.870. The standard InChI is InChI=1S/C9H11BrOS/c1-7-6-8(12-5-4-11)2-3-9(7)10/h2-3,6,11H,4-5H2,1H3. The Hall–Kier alpha value is 0.01000. The van der Waals surface area contributed by atoms with E-state index >= 15 is 0 Å². The predicted octanol–water partition coefficient (Wildman–Crippen LogP) is 2.84. The van der Waals surface area contributed by atoms with Crippen LogP contribution in [-0.4, -0.2) is 17.5 Å². The van der Waals surface area contributed by atoms with Crippen molar-refractivity contribution in [2.45, 2.75) is 11.8 Å². The van der Waals surface area contributed by atoms with Gasteiger partial charge in [-0.2, -0.15) is 0 Å². The second-order valence-electron chi connectivity index (χ2n) is 2.48. The lowest BCUT2D eigenvalue weighted by molar-refractivity contribution is 0.322. The average molecular weight is 247 g/mol. The van der Waals surface area contributed by atoms with E-state index < -0.39 is 0 Å². The van der Waals surface area contributed by atoms with Gasteiger partial charge in [0.15, 0.2) is 0 Å². The monoisotopic (exact) mass is 246 g/mol. The van der Waals surface area contributed by atoms with Crippen LogP contribution in [0.15, 0.2) is 27.6 Å². The highest BCUT2D eigenvalue weighted by Gasteiger charge is 1.96. The van der Waals surface area contributed by atoms with E-state index in [0.717, 1.165) is 10.2 Å². The summed E-state index contributed by atoms with van der Waals surface area (Å²) in [5, 5.41) is 8.62. The molecule has 0 fully saturated rings. The summed E-state index contributed by atoms with van der Waals surface area (Å²) in [5.74, 6) is 0.765. The van der Waals surface area contributed by atoms with Gasteiger partial charge in [0.1, 0.15) is 0 Å². The van der Waals surface area contributed by atoms with E-state index in [1.54, 1.807) is 11.8 Å². The molecule has 66 valence electrons. The van der Waals surface area contributed by atoms with Crippen LogP contribution in [0.5, 0.6) is 0 Å². The van der Waals surface area contributed by atoms with Crippen molar-refractivity contribution in [3.05, 3.63) is 28.2 Å². The van der Waals surface area contributed by atoms with Crippen LogP contribution in [0.25, 0.3) is 0 Å². The molecule has 0 bridgehead atoms. The van der Waals surface area contributed by atoms with Crippen molar-refractivity contribution in [2.75, 3.05) is 12.4 Å². The molecule has 0 radical (unpaired) electrons. The average Bonchev–Trinajstić information content (AvgIpc) is 2.07. The zero-order chi connectivity index (χ0) is 8.97. The maximum Gasteiger partial charge on any atom is 0.0525 e. The van der Waals surface area contributed by atoms with Gasteiger partial charge in [-0.3, -0.25) is 0 Å². The number of rotatable bonds is 3. The molecular weight excluding hydrogens is 236 g/mol. The lowest BCUT2D eigenvalue weighted by Gasteiger charge is -2.02. The van der Waals surface area contributed by atoms with Crippen molar-refractivity contribution in [1.29, 1.82) is 0 Å². The van der Waals surface area contributed by atoms with Gasteiger partial charge in [0.25, 0.3) is 0 Å². The van der Waals surface area contributed by atoms with Crippen molar-refractivity contribution >= 4 is 27.7 Å². The zero-order valence-electron chi connectivity index (χ0n) is 6.88. The van der Waals surface area contributed by atoms with Crippen LogP contribution >= 0.6 is 27.7 Å². The van der Waals surface area contributed by atoms with Crippen molar-refractivity contribution in [3.63, 3.8) is 0 Å². The molecule has 12 heavy (non-hydrogen) atoms. The fraction of sp³-hybridized carbons (Fsp3) is 0.333. The van der Waals surface area contributed by atoms with Gasteiger partial charge in [-0.1, -0.05) is 15.9 Å². The van der Waals surface area contributed by atoms with Gasteiger partial charge >= 0.3 is 0 Å². The van der Waals surface area contributed by atoms with E-state index in [9.17, 15) is 0 Å². The van der Waals surface area contributed by atoms with Gasteiger partial charge in [0.05, 0.1) is 6.61 Å². The first-order chi connectivity index (χ1) is 5.74. The Kier molecular flexibility index (Phi) is 4.12. The first-order valence-electron chi connectivity index (χ1n) is 3.74. The molecule has 0 saturated heterocycles. The molecule has 0 heterocycles. The minimum atomic E-state index is 0.236. The van der Waals surface area contributed by atoms with E-state index in [0.29, 0.717) is 0 Å². The molecule has 0 aliphatic carbocycles. The van der Waals surface area contributed by atoms with Crippen molar-refractivity contribution in [3.8, 4) is 0 Å². The second kappa shape index (κ2) is 4.90. The topological polar surface area (TPSA) is 20.2 Å². The van der Waals surface area contributed by atoms with Crippen LogP contribution in [-0.2, 0) is 0 Å². The quantitative estimate of drug-likeness (QED) is 0.829. The van der Waals surface area contributed by atoms with Gasteiger partial charge in [-0.25, -0.2) is 0 Å². The molecule has 0 atom stereocenters. The number of halogens is 1. The van der Waals surface area contributed by atoms with Gasteiger partial charge in [-0.05, 0) is 30.7 Å². The molecule has 1 aromatic rings. The Morgan fingerprint density at radius 1 is 1.50 bits per heavy atom. The van der Waals surface area contributed by atoms with Crippen LogP contribution in [0.4, 0.5) is 0 Å². The summed E-state index contributed by atoms with van der Waals surface area (Å²) in [6.45, 7) is 2.30. The Morgan fingerprint density at radius 2 is 2.25 bits per heavy atom. The first kappa shape index (κ1) is 10.1. The molecule has 0 aliphatic rings. The summed E-state index contributed by atoms with van der Waals surface area (Å²) in [6, 6.07) is 6.21.